The number of anilines is 1. The molecule has 116 valence electrons. The lowest BCUT2D eigenvalue weighted by Gasteiger charge is -2.13. The average molecular weight is 322 g/mol. The zero-order valence-corrected chi connectivity index (χ0v) is 12.0. The van der Waals surface area contributed by atoms with Crippen LogP contribution in [-0.4, -0.2) is 18.3 Å². The first-order valence-electron chi connectivity index (χ1n) is 5.88. The van der Waals surface area contributed by atoms with Gasteiger partial charge >= 0.3 is 6.18 Å². The van der Waals surface area contributed by atoms with Crippen molar-refractivity contribution in [3.63, 3.8) is 0 Å². The SMILES string of the molecule is C=C(CCC(F)(F)F)NC(=O)c1cccc(F)c1NSC. The van der Waals surface area contributed by atoms with Gasteiger partial charge in [0.05, 0.1) is 11.3 Å². The smallest absolute Gasteiger partial charge is 0.327 e. The first-order chi connectivity index (χ1) is 9.74. The summed E-state index contributed by atoms with van der Waals surface area (Å²) in [5, 5.41) is 2.25. The van der Waals surface area contributed by atoms with Crippen LogP contribution < -0.4 is 10.0 Å². The van der Waals surface area contributed by atoms with E-state index in [1.807, 2.05) is 0 Å². The molecule has 21 heavy (non-hydrogen) atoms. The summed E-state index contributed by atoms with van der Waals surface area (Å²) in [6.07, 6.45) is -4.17. The molecule has 3 nitrogen and oxygen atoms in total. The second-order valence-corrected chi connectivity index (χ2v) is 4.75. The molecule has 1 amide bonds. The van der Waals surface area contributed by atoms with Gasteiger partial charge in [-0.1, -0.05) is 24.6 Å². The molecule has 2 N–H and O–H groups in total. The van der Waals surface area contributed by atoms with Crippen molar-refractivity contribution in [3.05, 3.63) is 41.9 Å². The number of halogens is 4. The fraction of sp³-hybridized carbons (Fsp3) is 0.308. The summed E-state index contributed by atoms with van der Waals surface area (Å²) in [5.74, 6) is -1.34. The summed E-state index contributed by atoms with van der Waals surface area (Å²) in [5.41, 5.74) is -0.0969. The van der Waals surface area contributed by atoms with Crippen molar-refractivity contribution in [1.29, 1.82) is 0 Å². The van der Waals surface area contributed by atoms with Gasteiger partial charge in [-0.3, -0.25) is 4.79 Å². The van der Waals surface area contributed by atoms with Crippen LogP contribution in [0, 0.1) is 5.82 Å². The molecule has 0 radical (unpaired) electrons. The van der Waals surface area contributed by atoms with E-state index in [1.54, 1.807) is 6.26 Å². The van der Waals surface area contributed by atoms with Crippen LogP contribution in [0.3, 0.4) is 0 Å². The molecule has 0 bridgehead atoms. The lowest BCUT2D eigenvalue weighted by atomic mass is 10.1. The van der Waals surface area contributed by atoms with Crippen LogP contribution in [-0.2, 0) is 0 Å². The number of hydrogen-bond acceptors (Lipinski definition) is 3. The Hall–Kier alpha value is -1.70. The van der Waals surface area contributed by atoms with Gasteiger partial charge < -0.3 is 10.0 Å². The molecule has 0 saturated carbocycles. The molecule has 0 spiro atoms. The van der Waals surface area contributed by atoms with E-state index in [2.05, 4.69) is 16.6 Å². The van der Waals surface area contributed by atoms with Crippen LogP contribution in [0.25, 0.3) is 0 Å². The maximum atomic E-state index is 13.6. The summed E-state index contributed by atoms with van der Waals surface area (Å²) >= 11 is 1.09. The van der Waals surface area contributed by atoms with E-state index in [9.17, 15) is 22.4 Å². The monoisotopic (exact) mass is 322 g/mol. The molecule has 0 aromatic heterocycles. The highest BCUT2D eigenvalue weighted by atomic mass is 32.2. The second kappa shape index (κ2) is 7.35. The van der Waals surface area contributed by atoms with Gasteiger partial charge in [-0.15, -0.1) is 0 Å². The average Bonchev–Trinajstić information content (AvgIpc) is 2.38. The molecule has 0 atom stereocenters. The van der Waals surface area contributed by atoms with E-state index in [0.717, 1.165) is 11.9 Å². The van der Waals surface area contributed by atoms with Crippen LogP contribution >= 0.6 is 11.9 Å². The third-order valence-electron chi connectivity index (χ3n) is 2.46. The Bertz CT molecular complexity index is 531. The van der Waals surface area contributed by atoms with E-state index in [4.69, 9.17) is 0 Å². The Morgan fingerprint density at radius 3 is 2.62 bits per heavy atom. The highest BCUT2D eigenvalue weighted by Gasteiger charge is 2.27. The molecule has 8 heteroatoms. The Morgan fingerprint density at radius 2 is 2.05 bits per heavy atom. The van der Waals surface area contributed by atoms with Crippen LogP contribution in [0.5, 0.6) is 0 Å². The zero-order valence-electron chi connectivity index (χ0n) is 11.2. The normalized spacial score (nSPS) is 11.1. The molecule has 0 fully saturated rings. The Morgan fingerprint density at radius 1 is 1.38 bits per heavy atom. The molecule has 0 unspecified atom stereocenters. The molecule has 0 saturated heterocycles. The molecule has 1 aromatic rings. The number of amides is 1. The van der Waals surface area contributed by atoms with Crippen LogP contribution in [0.1, 0.15) is 23.2 Å². The zero-order chi connectivity index (χ0) is 16.0. The molecular weight excluding hydrogens is 308 g/mol. The van der Waals surface area contributed by atoms with Crippen molar-refractivity contribution in [2.24, 2.45) is 0 Å². The topological polar surface area (TPSA) is 41.1 Å². The van der Waals surface area contributed by atoms with Gasteiger partial charge in [0, 0.05) is 18.4 Å². The van der Waals surface area contributed by atoms with E-state index in [-0.39, 0.29) is 16.9 Å². The summed E-state index contributed by atoms with van der Waals surface area (Å²) in [4.78, 5) is 12.0. The maximum absolute atomic E-state index is 13.6. The standard InChI is InChI=1S/C13H14F4N2OS/c1-8(6-7-13(15,16)17)18-12(20)9-4-3-5-10(14)11(9)19-21-2/h3-5,19H,1,6-7H2,2H3,(H,18,20). The lowest BCUT2D eigenvalue weighted by molar-refractivity contribution is -0.134. The number of alkyl halides is 3. The van der Waals surface area contributed by atoms with Crippen LogP contribution in [0.2, 0.25) is 0 Å². The number of carbonyl (C=O) groups excluding carboxylic acids is 1. The third kappa shape index (κ3) is 5.66. The second-order valence-electron chi connectivity index (χ2n) is 4.14. The molecule has 0 heterocycles. The van der Waals surface area contributed by atoms with Crippen molar-refractivity contribution in [1.82, 2.24) is 5.32 Å². The molecule has 0 aliphatic carbocycles. The van der Waals surface area contributed by atoms with Crippen molar-refractivity contribution in [2.75, 3.05) is 11.0 Å². The van der Waals surface area contributed by atoms with Crippen molar-refractivity contribution >= 4 is 23.5 Å². The van der Waals surface area contributed by atoms with Crippen LogP contribution in [0.4, 0.5) is 23.2 Å². The number of nitrogens with one attached hydrogen (secondary N) is 2. The number of carbonyl (C=O) groups is 1. The molecule has 1 aromatic carbocycles. The summed E-state index contributed by atoms with van der Waals surface area (Å²) in [7, 11) is 0. The van der Waals surface area contributed by atoms with Crippen molar-refractivity contribution < 1.29 is 22.4 Å². The predicted molar refractivity (Wildman–Crippen MR) is 75.4 cm³/mol. The Labute approximate surface area is 123 Å². The first-order valence-corrected chi connectivity index (χ1v) is 7.10. The number of rotatable bonds is 6. The fourth-order valence-corrected chi connectivity index (χ4v) is 1.91. The number of allylic oxidation sites excluding steroid dienone is 1. The highest BCUT2D eigenvalue weighted by Crippen LogP contribution is 2.24. The van der Waals surface area contributed by atoms with Gasteiger partial charge in [-0.25, -0.2) is 4.39 Å². The van der Waals surface area contributed by atoms with Crippen LogP contribution in [0.15, 0.2) is 30.5 Å². The summed E-state index contributed by atoms with van der Waals surface area (Å²) < 4.78 is 52.5. The van der Waals surface area contributed by atoms with Crippen molar-refractivity contribution in [2.45, 2.75) is 19.0 Å². The van der Waals surface area contributed by atoms with Gasteiger partial charge in [0.15, 0.2) is 0 Å². The molecule has 0 aliphatic rings. The van der Waals surface area contributed by atoms with E-state index in [0.29, 0.717) is 0 Å². The quantitative estimate of drug-likeness (QED) is 0.612. The third-order valence-corrected chi connectivity index (χ3v) is 2.87. The first kappa shape index (κ1) is 17.4. The highest BCUT2D eigenvalue weighted by molar-refractivity contribution is 7.99. The minimum atomic E-state index is -4.32. The van der Waals surface area contributed by atoms with E-state index < -0.39 is 30.7 Å². The number of para-hydroxylation sites is 1. The van der Waals surface area contributed by atoms with Gasteiger partial charge in [-0.05, 0) is 18.6 Å². The summed E-state index contributed by atoms with van der Waals surface area (Å²) in [6, 6.07) is 3.88. The van der Waals surface area contributed by atoms with Gasteiger partial charge in [0.1, 0.15) is 5.82 Å². The van der Waals surface area contributed by atoms with Gasteiger partial charge in [-0.2, -0.15) is 13.2 Å². The Kier molecular flexibility index (Phi) is 6.07. The van der Waals surface area contributed by atoms with E-state index in [1.165, 1.54) is 18.2 Å². The van der Waals surface area contributed by atoms with Gasteiger partial charge in [0.2, 0.25) is 0 Å². The fourth-order valence-electron chi connectivity index (χ4n) is 1.50. The minimum Gasteiger partial charge on any atom is -0.327 e. The molecular formula is C13H14F4N2OS. The minimum absolute atomic E-state index is 0.00231. The maximum Gasteiger partial charge on any atom is 0.389 e. The lowest BCUT2D eigenvalue weighted by Crippen LogP contribution is -2.24. The Balaban J connectivity index is 2.76. The summed E-state index contributed by atoms with van der Waals surface area (Å²) in [6.45, 7) is 3.37. The number of hydrogen-bond donors (Lipinski definition) is 2. The number of benzene rings is 1. The van der Waals surface area contributed by atoms with Crippen molar-refractivity contribution in [3.8, 4) is 0 Å². The largest absolute Gasteiger partial charge is 0.389 e. The predicted octanol–water partition coefficient (Wildman–Crippen LogP) is 4.10. The van der Waals surface area contributed by atoms with E-state index >= 15 is 0 Å². The molecule has 1 rings (SSSR count). The molecule has 0 aliphatic heterocycles. The van der Waals surface area contributed by atoms with Gasteiger partial charge in [0.25, 0.3) is 5.91 Å².